The number of rotatable bonds is 2. The van der Waals surface area contributed by atoms with Crippen LogP contribution in [0.5, 0.6) is 0 Å². The smallest absolute Gasteiger partial charge is 0.388 e. The average Bonchev–Trinajstić information content (AvgIpc) is 2.87. The molecule has 0 saturated heterocycles. The number of esters is 1. The van der Waals surface area contributed by atoms with Crippen molar-refractivity contribution >= 4 is 5.97 Å². The molecule has 1 fully saturated rings. The number of hydrogen-bond acceptors (Lipinski definition) is 2. The van der Waals surface area contributed by atoms with E-state index < -0.39 is 12.6 Å². The highest BCUT2D eigenvalue weighted by molar-refractivity contribution is 5.74. The SMILES string of the molecule is CCC(F)(F)F.CCOC(=O)C1CC1. The van der Waals surface area contributed by atoms with Crippen LogP contribution in [0.15, 0.2) is 0 Å². The molecule has 0 amide bonds. The lowest BCUT2D eigenvalue weighted by atomic mass is 10.4. The van der Waals surface area contributed by atoms with Gasteiger partial charge in [0.15, 0.2) is 0 Å². The van der Waals surface area contributed by atoms with Crippen LogP contribution in [0.25, 0.3) is 0 Å². The normalized spacial score (nSPS) is 15.5. The Bertz CT molecular complexity index is 173. The topological polar surface area (TPSA) is 26.3 Å². The highest BCUT2D eigenvalue weighted by Crippen LogP contribution is 2.29. The van der Waals surface area contributed by atoms with Crippen LogP contribution in [-0.4, -0.2) is 18.8 Å². The Morgan fingerprint density at radius 2 is 1.79 bits per heavy atom. The fraction of sp³-hybridized carbons (Fsp3) is 0.889. The monoisotopic (exact) mass is 212 g/mol. The van der Waals surface area contributed by atoms with E-state index in [0.29, 0.717) is 6.61 Å². The maximum atomic E-state index is 10.8. The van der Waals surface area contributed by atoms with Gasteiger partial charge in [-0.3, -0.25) is 4.79 Å². The van der Waals surface area contributed by atoms with E-state index in [1.807, 2.05) is 6.92 Å². The molecule has 0 bridgehead atoms. The van der Waals surface area contributed by atoms with Crippen LogP contribution >= 0.6 is 0 Å². The van der Waals surface area contributed by atoms with Gasteiger partial charge in [0, 0.05) is 6.42 Å². The van der Waals surface area contributed by atoms with Gasteiger partial charge in [-0.15, -0.1) is 0 Å². The Kier molecular flexibility index (Phi) is 5.57. The molecule has 0 radical (unpaired) electrons. The summed E-state index contributed by atoms with van der Waals surface area (Å²) in [5, 5.41) is 0. The first-order valence-corrected chi connectivity index (χ1v) is 4.64. The van der Waals surface area contributed by atoms with Crippen molar-refractivity contribution in [1.82, 2.24) is 0 Å². The number of halogens is 3. The third kappa shape index (κ3) is 7.89. The summed E-state index contributed by atoms with van der Waals surface area (Å²) in [6.07, 6.45) is -2.61. The van der Waals surface area contributed by atoms with E-state index >= 15 is 0 Å². The molecule has 0 spiro atoms. The van der Waals surface area contributed by atoms with Crippen LogP contribution in [0, 0.1) is 5.92 Å². The minimum atomic E-state index is -3.96. The molecule has 0 N–H and O–H groups in total. The summed E-state index contributed by atoms with van der Waals surface area (Å²) in [5.41, 5.74) is 0. The first kappa shape index (κ1) is 13.3. The molecule has 1 saturated carbocycles. The maximum absolute atomic E-state index is 10.8. The van der Waals surface area contributed by atoms with Crippen LogP contribution in [-0.2, 0) is 9.53 Å². The molecule has 0 aromatic rings. The summed E-state index contributed by atoms with van der Waals surface area (Å²) in [7, 11) is 0. The zero-order chi connectivity index (χ0) is 11.2. The van der Waals surface area contributed by atoms with Crippen LogP contribution in [0.2, 0.25) is 0 Å². The summed E-state index contributed by atoms with van der Waals surface area (Å²) in [5.74, 6) is 0.252. The first-order chi connectivity index (χ1) is 6.40. The zero-order valence-corrected chi connectivity index (χ0v) is 8.36. The van der Waals surface area contributed by atoms with Crippen molar-refractivity contribution in [3.05, 3.63) is 0 Å². The highest BCUT2D eigenvalue weighted by atomic mass is 19.4. The van der Waals surface area contributed by atoms with Gasteiger partial charge in [0.1, 0.15) is 0 Å². The van der Waals surface area contributed by atoms with Gasteiger partial charge >= 0.3 is 12.1 Å². The lowest BCUT2D eigenvalue weighted by Gasteiger charge is -1.96. The van der Waals surface area contributed by atoms with Crippen LogP contribution in [0.1, 0.15) is 33.1 Å². The van der Waals surface area contributed by atoms with Gasteiger partial charge in [0.05, 0.1) is 12.5 Å². The quantitative estimate of drug-likeness (QED) is 0.658. The standard InChI is InChI=1S/C6H10O2.C3H5F3/c1-2-8-6(7)5-3-4-5;1-2-3(4,5)6/h5H,2-4H2,1H3;2H2,1H3. The second kappa shape index (κ2) is 5.88. The number of ether oxygens (including phenoxy) is 1. The average molecular weight is 212 g/mol. The summed E-state index contributed by atoms with van der Waals surface area (Å²) >= 11 is 0. The van der Waals surface area contributed by atoms with Crippen LogP contribution in [0.4, 0.5) is 13.2 Å². The molecule has 1 aliphatic carbocycles. The molecule has 0 aliphatic heterocycles. The molecule has 1 aliphatic rings. The van der Waals surface area contributed by atoms with E-state index in [4.69, 9.17) is 4.74 Å². The van der Waals surface area contributed by atoms with Gasteiger partial charge in [-0.25, -0.2) is 0 Å². The number of carbonyl (C=O) groups excluding carboxylic acids is 1. The Morgan fingerprint density at radius 1 is 1.36 bits per heavy atom. The van der Waals surface area contributed by atoms with Crippen molar-refractivity contribution in [2.45, 2.75) is 39.3 Å². The molecular weight excluding hydrogens is 197 g/mol. The molecule has 5 heteroatoms. The van der Waals surface area contributed by atoms with Gasteiger partial charge < -0.3 is 4.74 Å². The third-order valence-corrected chi connectivity index (χ3v) is 1.60. The molecule has 0 atom stereocenters. The third-order valence-electron chi connectivity index (χ3n) is 1.60. The Labute approximate surface area is 81.4 Å². The van der Waals surface area contributed by atoms with E-state index in [2.05, 4.69) is 0 Å². The molecule has 84 valence electrons. The Morgan fingerprint density at radius 3 is 2.00 bits per heavy atom. The molecule has 2 nitrogen and oxygen atoms in total. The number of hydrogen-bond donors (Lipinski definition) is 0. The zero-order valence-electron chi connectivity index (χ0n) is 8.36. The largest absolute Gasteiger partial charge is 0.466 e. The van der Waals surface area contributed by atoms with Crippen molar-refractivity contribution in [3.8, 4) is 0 Å². The number of alkyl halides is 3. The fourth-order valence-electron chi connectivity index (χ4n) is 0.579. The summed E-state index contributed by atoms with van der Waals surface area (Å²) in [6, 6.07) is 0. The van der Waals surface area contributed by atoms with E-state index in [1.165, 1.54) is 0 Å². The van der Waals surface area contributed by atoms with Gasteiger partial charge in [0.25, 0.3) is 0 Å². The Balaban J connectivity index is 0.000000255. The predicted octanol–water partition coefficient (Wildman–Crippen LogP) is 2.92. The van der Waals surface area contributed by atoms with Crippen LogP contribution in [0.3, 0.4) is 0 Å². The van der Waals surface area contributed by atoms with Gasteiger partial charge in [-0.1, -0.05) is 6.92 Å². The van der Waals surface area contributed by atoms with Gasteiger partial charge in [0.2, 0.25) is 0 Å². The van der Waals surface area contributed by atoms with Crippen molar-refractivity contribution in [2.24, 2.45) is 5.92 Å². The van der Waals surface area contributed by atoms with E-state index in [1.54, 1.807) is 0 Å². The summed E-state index contributed by atoms with van der Waals surface area (Å²) < 4.78 is 37.1. The fourth-order valence-corrected chi connectivity index (χ4v) is 0.579. The second-order valence-corrected chi connectivity index (χ2v) is 3.00. The lowest BCUT2D eigenvalue weighted by molar-refractivity contribution is -0.144. The molecule has 0 unspecified atom stereocenters. The van der Waals surface area contributed by atoms with E-state index in [-0.39, 0.29) is 11.9 Å². The first-order valence-electron chi connectivity index (χ1n) is 4.64. The minimum absolute atomic E-state index is 0.00694. The number of carbonyl (C=O) groups is 1. The molecule has 0 aromatic heterocycles. The lowest BCUT2D eigenvalue weighted by Crippen LogP contribution is -2.04. The minimum Gasteiger partial charge on any atom is -0.466 e. The van der Waals surface area contributed by atoms with Gasteiger partial charge in [-0.05, 0) is 19.8 Å². The van der Waals surface area contributed by atoms with Crippen molar-refractivity contribution in [3.63, 3.8) is 0 Å². The maximum Gasteiger partial charge on any atom is 0.388 e. The molecule has 0 aromatic carbocycles. The summed E-state index contributed by atoms with van der Waals surface area (Å²) in [6.45, 7) is 3.44. The van der Waals surface area contributed by atoms with Crippen molar-refractivity contribution in [1.29, 1.82) is 0 Å². The summed E-state index contributed by atoms with van der Waals surface area (Å²) in [4.78, 5) is 10.6. The van der Waals surface area contributed by atoms with Gasteiger partial charge in [-0.2, -0.15) is 13.2 Å². The molecule has 14 heavy (non-hydrogen) atoms. The highest BCUT2D eigenvalue weighted by Gasteiger charge is 2.30. The van der Waals surface area contributed by atoms with Crippen molar-refractivity contribution in [2.75, 3.05) is 6.61 Å². The molecular formula is C9H15F3O2. The molecule has 0 heterocycles. The van der Waals surface area contributed by atoms with Crippen molar-refractivity contribution < 1.29 is 22.7 Å². The predicted molar refractivity (Wildman–Crippen MR) is 45.7 cm³/mol. The molecule has 1 rings (SSSR count). The van der Waals surface area contributed by atoms with E-state index in [9.17, 15) is 18.0 Å². The second-order valence-electron chi connectivity index (χ2n) is 3.00. The van der Waals surface area contributed by atoms with Crippen LogP contribution < -0.4 is 0 Å². The Hall–Kier alpha value is -0.740. The van der Waals surface area contributed by atoms with E-state index in [0.717, 1.165) is 19.8 Å².